The highest BCUT2D eigenvalue weighted by Gasteiger charge is 2.28. The van der Waals surface area contributed by atoms with Crippen LogP contribution in [0.2, 0.25) is 0 Å². The van der Waals surface area contributed by atoms with Gasteiger partial charge < -0.3 is 9.80 Å². The topological polar surface area (TPSA) is 113 Å². The molecule has 4 rings (SSSR count). The van der Waals surface area contributed by atoms with Crippen LogP contribution in [0.15, 0.2) is 42.5 Å². The van der Waals surface area contributed by atoms with Crippen LogP contribution in [0.3, 0.4) is 0 Å². The Bertz CT molecular complexity index is 1050. The van der Waals surface area contributed by atoms with Crippen molar-refractivity contribution in [2.24, 2.45) is 0 Å². The van der Waals surface area contributed by atoms with E-state index < -0.39 is 9.85 Å². The van der Waals surface area contributed by atoms with E-state index in [1.54, 1.807) is 23.1 Å². The molecule has 0 atom stereocenters. The summed E-state index contributed by atoms with van der Waals surface area (Å²) in [5, 5.41) is 22.3. The Labute approximate surface area is 191 Å². The molecule has 0 N–H and O–H groups in total. The van der Waals surface area contributed by atoms with Crippen molar-refractivity contribution in [2.75, 3.05) is 44.2 Å². The fraction of sp³-hybridized carbons (Fsp3) is 0.435. The summed E-state index contributed by atoms with van der Waals surface area (Å²) in [6.07, 6.45) is 3.24. The van der Waals surface area contributed by atoms with Crippen LogP contribution in [0, 0.1) is 20.2 Å². The van der Waals surface area contributed by atoms with Crippen molar-refractivity contribution in [3.8, 4) is 0 Å². The number of carbonyl (C=O) groups excluding carboxylic acids is 1. The third-order valence-corrected chi connectivity index (χ3v) is 6.31. The monoisotopic (exact) mass is 453 g/mol. The van der Waals surface area contributed by atoms with Crippen molar-refractivity contribution >= 4 is 23.0 Å². The minimum atomic E-state index is -0.465. The van der Waals surface area contributed by atoms with Gasteiger partial charge in [0.2, 0.25) is 0 Å². The molecule has 2 aromatic carbocycles. The third kappa shape index (κ3) is 5.28. The number of nitrogens with zero attached hydrogens (tertiary/aromatic N) is 5. The van der Waals surface area contributed by atoms with Crippen LogP contribution >= 0.6 is 0 Å². The number of piperazine rings is 1. The normalized spacial score (nSPS) is 17.1. The number of non-ortho nitro benzene ring substituents is 2. The van der Waals surface area contributed by atoms with Crippen molar-refractivity contribution < 1.29 is 14.6 Å². The Balaban J connectivity index is 1.45. The minimum Gasteiger partial charge on any atom is -0.371 e. The molecule has 2 fully saturated rings. The van der Waals surface area contributed by atoms with Crippen LogP contribution in [0.25, 0.3) is 0 Å². The molecule has 0 spiro atoms. The van der Waals surface area contributed by atoms with Crippen molar-refractivity contribution in [1.29, 1.82) is 0 Å². The maximum atomic E-state index is 13.4. The highest BCUT2D eigenvalue weighted by atomic mass is 16.6. The standard InChI is InChI=1S/C23H27N5O5/c29-23(21-16-20(28(32)33)7-8-22(21)25-9-2-1-3-10-25)26-13-11-24(12-14-26)17-18-5-4-6-19(15-18)27(30)31/h4-8,15-16H,1-3,9-14,17H2. The maximum absolute atomic E-state index is 13.4. The largest absolute Gasteiger partial charge is 0.371 e. The van der Waals surface area contributed by atoms with Gasteiger partial charge in [-0.2, -0.15) is 0 Å². The number of benzene rings is 2. The lowest BCUT2D eigenvalue weighted by Crippen LogP contribution is -2.48. The average molecular weight is 453 g/mol. The average Bonchev–Trinajstić information content (AvgIpc) is 2.84. The van der Waals surface area contributed by atoms with Gasteiger partial charge in [0.05, 0.1) is 21.1 Å². The van der Waals surface area contributed by atoms with Gasteiger partial charge in [0.15, 0.2) is 0 Å². The van der Waals surface area contributed by atoms with Crippen LogP contribution < -0.4 is 4.90 Å². The van der Waals surface area contributed by atoms with E-state index in [4.69, 9.17) is 0 Å². The van der Waals surface area contributed by atoms with E-state index in [0.29, 0.717) is 38.3 Å². The number of anilines is 1. The van der Waals surface area contributed by atoms with Crippen LogP contribution in [0.5, 0.6) is 0 Å². The number of carbonyl (C=O) groups is 1. The summed E-state index contributed by atoms with van der Waals surface area (Å²) >= 11 is 0. The Hall–Kier alpha value is -3.53. The molecule has 174 valence electrons. The molecule has 0 saturated carbocycles. The molecular weight excluding hydrogens is 426 g/mol. The smallest absolute Gasteiger partial charge is 0.270 e. The fourth-order valence-corrected chi connectivity index (χ4v) is 4.53. The zero-order valence-electron chi connectivity index (χ0n) is 18.4. The Morgan fingerprint density at radius 1 is 0.818 bits per heavy atom. The van der Waals surface area contributed by atoms with Gasteiger partial charge >= 0.3 is 0 Å². The molecule has 0 radical (unpaired) electrons. The van der Waals surface area contributed by atoms with Gasteiger partial charge in [-0.25, -0.2) is 0 Å². The molecule has 2 aromatic rings. The van der Waals surface area contributed by atoms with Crippen molar-refractivity contribution in [2.45, 2.75) is 25.8 Å². The Kier molecular flexibility index (Phi) is 6.83. The molecule has 33 heavy (non-hydrogen) atoms. The third-order valence-electron chi connectivity index (χ3n) is 6.31. The number of nitro groups is 2. The minimum absolute atomic E-state index is 0.0669. The molecule has 2 saturated heterocycles. The number of nitro benzene ring substituents is 2. The van der Waals surface area contributed by atoms with Gasteiger partial charge in [-0.15, -0.1) is 0 Å². The van der Waals surface area contributed by atoms with Gasteiger partial charge in [-0.05, 0) is 30.9 Å². The Morgan fingerprint density at radius 2 is 1.48 bits per heavy atom. The van der Waals surface area contributed by atoms with Crippen LogP contribution in [-0.2, 0) is 6.54 Å². The first kappa shape index (κ1) is 22.7. The molecule has 0 bridgehead atoms. The van der Waals surface area contributed by atoms with Crippen molar-refractivity contribution in [1.82, 2.24) is 9.80 Å². The first-order valence-corrected chi connectivity index (χ1v) is 11.2. The van der Waals surface area contributed by atoms with Gasteiger partial charge in [0.1, 0.15) is 0 Å². The van der Waals surface area contributed by atoms with E-state index in [0.717, 1.165) is 43.6 Å². The number of hydrogen-bond donors (Lipinski definition) is 0. The molecular formula is C23H27N5O5. The van der Waals surface area contributed by atoms with E-state index in [2.05, 4.69) is 9.80 Å². The number of piperidine rings is 1. The van der Waals surface area contributed by atoms with Crippen LogP contribution in [0.4, 0.5) is 17.1 Å². The van der Waals surface area contributed by atoms with Gasteiger partial charge in [-0.1, -0.05) is 12.1 Å². The Morgan fingerprint density at radius 3 is 2.15 bits per heavy atom. The second-order valence-electron chi connectivity index (χ2n) is 8.50. The summed E-state index contributed by atoms with van der Waals surface area (Å²) in [7, 11) is 0. The second kappa shape index (κ2) is 9.95. The molecule has 2 heterocycles. The van der Waals surface area contributed by atoms with E-state index in [-0.39, 0.29) is 17.3 Å². The molecule has 0 aromatic heterocycles. The predicted octanol–water partition coefficient (Wildman–Crippen LogP) is 3.45. The molecule has 2 aliphatic heterocycles. The number of hydrogen-bond acceptors (Lipinski definition) is 7. The van der Waals surface area contributed by atoms with Gasteiger partial charge in [-0.3, -0.25) is 29.9 Å². The summed E-state index contributed by atoms with van der Waals surface area (Å²) in [5.74, 6) is -0.186. The molecule has 0 aliphatic carbocycles. The number of rotatable bonds is 6. The lowest BCUT2D eigenvalue weighted by molar-refractivity contribution is -0.385. The van der Waals surface area contributed by atoms with E-state index in [1.165, 1.54) is 18.2 Å². The number of amides is 1. The summed E-state index contributed by atoms with van der Waals surface area (Å²) in [4.78, 5) is 40.9. The van der Waals surface area contributed by atoms with Crippen molar-refractivity contribution in [3.05, 3.63) is 73.8 Å². The SMILES string of the molecule is O=C(c1cc([N+](=O)[O-])ccc1N1CCCCC1)N1CCN(Cc2cccc([N+](=O)[O-])c2)CC1. The molecule has 10 nitrogen and oxygen atoms in total. The van der Waals surface area contributed by atoms with E-state index >= 15 is 0 Å². The molecule has 0 unspecified atom stereocenters. The lowest BCUT2D eigenvalue weighted by atomic mass is 10.0. The summed E-state index contributed by atoms with van der Waals surface area (Å²) in [6, 6.07) is 11.2. The fourth-order valence-electron chi connectivity index (χ4n) is 4.53. The van der Waals surface area contributed by atoms with E-state index in [1.807, 2.05) is 6.07 Å². The summed E-state index contributed by atoms with van der Waals surface area (Å²) in [6.45, 7) is 4.50. The van der Waals surface area contributed by atoms with Gasteiger partial charge in [0.25, 0.3) is 17.3 Å². The quantitative estimate of drug-likeness (QED) is 0.486. The maximum Gasteiger partial charge on any atom is 0.270 e. The highest BCUT2D eigenvalue weighted by molar-refractivity contribution is 6.00. The van der Waals surface area contributed by atoms with Crippen LogP contribution in [0.1, 0.15) is 35.2 Å². The first-order chi connectivity index (χ1) is 15.9. The zero-order valence-corrected chi connectivity index (χ0v) is 18.4. The lowest BCUT2D eigenvalue weighted by Gasteiger charge is -2.36. The summed E-state index contributed by atoms with van der Waals surface area (Å²) in [5.41, 5.74) is 2.00. The zero-order chi connectivity index (χ0) is 23.4. The molecule has 2 aliphatic rings. The first-order valence-electron chi connectivity index (χ1n) is 11.2. The second-order valence-corrected chi connectivity index (χ2v) is 8.50. The van der Waals surface area contributed by atoms with E-state index in [9.17, 15) is 25.0 Å². The molecule has 10 heteroatoms. The predicted molar refractivity (Wildman–Crippen MR) is 123 cm³/mol. The van der Waals surface area contributed by atoms with Crippen molar-refractivity contribution in [3.63, 3.8) is 0 Å². The molecule has 1 amide bonds. The highest BCUT2D eigenvalue weighted by Crippen LogP contribution is 2.29. The summed E-state index contributed by atoms with van der Waals surface area (Å²) < 4.78 is 0. The van der Waals surface area contributed by atoms with Crippen LogP contribution in [-0.4, -0.2) is 64.8 Å². The van der Waals surface area contributed by atoms with Gasteiger partial charge in [0, 0.05) is 70.1 Å².